The van der Waals surface area contributed by atoms with E-state index in [0.29, 0.717) is 37.9 Å². The number of carboxylic acids is 1. The smallest absolute Gasteiger partial charge is 0.306 e. The number of nitrogens with zero attached hydrogens (tertiary/aromatic N) is 3. The van der Waals surface area contributed by atoms with Crippen molar-refractivity contribution in [2.45, 2.75) is 57.0 Å². The molecule has 0 saturated heterocycles. The van der Waals surface area contributed by atoms with Gasteiger partial charge < -0.3 is 15.7 Å². The predicted molar refractivity (Wildman–Crippen MR) is 128 cm³/mol. The van der Waals surface area contributed by atoms with Crippen molar-refractivity contribution in [3.05, 3.63) is 43.9 Å². The van der Waals surface area contributed by atoms with Crippen molar-refractivity contribution in [1.82, 2.24) is 19.9 Å². The molecule has 176 valence electrons. The van der Waals surface area contributed by atoms with Crippen LogP contribution in [0.25, 0.3) is 10.2 Å². The van der Waals surface area contributed by atoms with Gasteiger partial charge >= 0.3 is 5.97 Å². The Hall–Kier alpha value is -2.98. The third kappa shape index (κ3) is 3.15. The minimum absolute atomic E-state index is 0.208. The Morgan fingerprint density at radius 3 is 2.82 bits per heavy atom. The number of aromatic nitrogens is 3. The first kappa shape index (κ1) is 21.5. The van der Waals surface area contributed by atoms with Crippen LogP contribution in [0.5, 0.6) is 0 Å². The highest BCUT2D eigenvalue weighted by Crippen LogP contribution is 2.41. The minimum Gasteiger partial charge on any atom is -0.481 e. The molecule has 9 nitrogen and oxygen atoms in total. The van der Waals surface area contributed by atoms with E-state index in [9.17, 15) is 19.5 Å². The van der Waals surface area contributed by atoms with Gasteiger partial charge in [0.05, 0.1) is 16.3 Å². The number of anilines is 2. The second kappa shape index (κ2) is 7.78. The number of nitrogens with one attached hydrogen (secondary N) is 2. The van der Waals surface area contributed by atoms with Crippen molar-refractivity contribution >= 4 is 56.5 Å². The quantitative estimate of drug-likeness (QED) is 0.500. The highest BCUT2D eigenvalue weighted by atomic mass is 35.5. The number of hydrogen-bond donors (Lipinski definition) is 3. The number of aliphatic carboxylic acids is 1. The predicted octanol–water partition coefficient (Wildman–Crippen LogP) is 3.80. The molecule has 0 aromatic carbocycles. The van der Waals surface area contributed by atoms with Crippen molar-refractivity contribution in [3.8, 4) is 0 Å². The molecule has 1 atom stereocenters. The maximum absolute atomic E-state index is 13.7. The van der Waals surface area contributed by atoms with Crippen LogP contribution in [0.3, 0.4) is 0 Å². The van der Waals surface area contributed by atoms with Crippen molar-refractivity contribution < 1.29 is 14.7 Å². The maximum Gasteiger partial charge on any atom is 0.306 e. The van der Waals surface area contributed by atoms with E-state index >= 15 is 0 Å². The van der Waals surface area contributed by atoms with Crippen LogP contribution in [0.2, 0.25) is 5.02 Å². The van der Waals surface area contributed by atoms with E-state index in [-0.39, 0.29) is 27.9 Å². The van der Waals surface area contributed by atoms with Crippen LogP contribution in [0, 0.1) is 5.92 Å². The van der Waals surface area contributed by atoms with Crippen LogP contribution in [0.1, 0.15) is 59.5 Å². The molecule has 3 N–H and O–H groups in total. The molecule has 1 saturated carbocycles. The summed E-state index contributed by atoms with van der Waals surface area (Å²) in [5, 5.41) is 16.7. The number of carbonyl (C=O) groups is 2. The van der Waals surface area contributed by atoms with Gasteiger partial charge in [-0.3, -0.25) is 19.0 Å². The van der Waals surface area contributed by atoms with E-state index in [4.69, 9.17) is 11.6 Å². The van der Waals surface area contributed by atoms with Crippen LogP contribution < -0.4 is 16.2 Å². The summed E-state index contributed by atoms with van der Waals surface area (Å²) in [5.74, 6) is -1.02. The number of fused-ring (bicyclic) bond motifs is 5. The number of amides is 1. The third-order valence-electron chi connectivity index (χ3n) is 7.27. The van der Waals surface area contributed by atoms with Gasteiger partial charge in [-0.1, -0.05) is 18.0 Å². The van der Waals surface area contributed by atoms with Gasteiger partial charge in [0.2, 0.25) is 0 Å². The Morgan fingerprint density at radius 1 is 1.26 bits per heavy atom. The lowest BCUT2D eigenvalue weighted by Gasteiger charge is -2.35. The normalized spacial score (nSPS) is 20.7. The second-order valence-electron chi connectivity index (χ2n) is 9.25. The Bertz CT molecular complexity index is 1420. The maximum atomic E-state index is 13.7. The first-order valence-electron chi connectivity index (χ1n) is 11.4. The lowest BCUT2D eigenvalue weighted by molar-refractivity contribution is -0.142. The standard InChI is InChI=1S/C23H22ClN5O4S/c24-13-9-14(21(31)29-17(13)19(30)28-23(29)6-2-1-3-7-23)27-18-16-12-5-4-11(22(32)33)8-15(12)34-20(16)26-10-25-18/h9-11H,1-8H2,(H,28,30)(H,32,33)(H,25,26,27)/t11-/m0/s1. The summed E-state index contributed by atoms with van der Waals surface area (Å²) in [6.07, 6.45) is 7.34. The molecule has 2 aliphatic carbocycles. The van der Waals surface area contributed by atoms with Gasteiger partial charge in [0, 0.05) is 4.88 Å². The molecule has 4 heterocycles. The summed E-state index contributed by atoms with van der Waals surface area (Å²) >= 11 is 7.99. The largest absolute Gasteiger partial charge is 0.481 e. The van der Waals surface area contributed by atoms with E-state index in [1.165, 1.54) is 28.3 Å². The molecule has 1 amide bonds. The van der Waals surface area contributed by atoms with Crippen molar-refractivity contribution in [3.63, 3.8) is 0 Å². The Morgan fingerprint density at radius 2 is 2.06 bits per heavy atom. The fourth-order valence-corrected chi connectivity index (χ4v) is 7.20. The number of pyridine rings is 1. The van der Waals surface area contributed by atoms with Crippen molar-refractivity contribution in [2.75, 3.05) is 5.32 Å². The SMILES string of the molecule is O=C1NC2(CCCCC2)n2c1c(Cl)cc(Nc1ncnc3sc4c(c13)CC[C@H](C(=O)O)C4)c2=O. The van der Waals surface area contributed by atoms with Crippen molar-refractivity contribution in [2.24, 2.45) is 5.92 Å². The monoisotopic (exact) mass is 499 g/mol. The van der Waals surface area contributed by atoms with E-state index in [0.717, 1.165) is 39.9 Å². The van der Waals surface area contributed by atoms with E-state index in [1.54, 1.807) is 0 Å². The molecule has 3 aromatic rings. The molecule has 1 spiro atoms. The first-order valence-corrected chi connectivity index (χ1v) is 12.6. The fraction of sp³-hybridized carbons (Fsp3) is 0.435. The lowest BCUT2D eigenvalue weighted by atomic mass is 9.88. The van der Waals surface area contributed by atoms with Crippen LogP contribution in [0.4, 0.5) is 11.5 Å². The molecular weight excluding hydrogens is 478 g/mol. The lowest BCUT2D eigenvalue weighted by Crippen LogP contribution is -2.48. The summed E-state index contributed by atoms with van der Waals surface area (Å²) in [7, 11) is 0. The number of hydrogen-bond acceptors (Lipinski definition) is 7. The number of carbonyl (C=O) groups excluding carboxylic acids is 1. The van der Waals surface area contributed by atoms with Crippen LogP contribution in [0.15, 0.2) is 17.2 Å². The fourth-order valence-electron chi connectivity index (χ4n) is 5.65. The Labute approximate surface area is 203 Å². The molecule has 34 heavy (non-hydrogen) atoms. The zero-order valence-electron chi connectivity index (χ0n) is 18.2. The van der Waals surface area contributed by atoms with Gasteiger partial charge in [-0.2, -0.15) is 0 Å². The molecule has 0 radical (unpaired) electrons. The van der Waals surface area contributed by atoms with E-state index in [2.05, 4.69) is 20.6 Å². The first-order chi connectivity index (χ1) is 16.4. The molecule has 3 aliphatic rings. The van der Waals surface area contributed by atoms with Crippen LogP contribution in [-0.4, -0.2) is 31.5 Å². The summed E-state index contributed by atoms with van der Waals surface area (Å²) in [6.45, 7) is 0. The van der Waals surface area contributed by atoms with Gasteiger partial charge in [0.25, 0.3) is 11.5 Å². The number of thiophene rings is 1. The van der Waals surface area contributed by atoms with Gasteiger partial charge in [0.15, 0.2) is 0 Å². The average molecular weight is 500 g/mol. The third-order valence-corrected chi connectivity index (χ3v) is 8.72. The highest BCUT2D eigenvalue weighted by Gasteiger charge is 2.45. The Balaban J connectivity index is 1.45. The number of rotatable bonds is 3. The minimum atomic E-state index is -0.784. The summed E-state index contributed by atoms with van der Waals surface area (Å²) in [4.78, 5) is 48.4. The second-order valence-corrected chi connectivity index (χ2v) is 10.7. The van der Waals surface area contributed by atoms with Gasteiger partial charge in [0.1, 0.15) is 34.0 Å². The van der Waals surface area contributed by atoms with E-state index in [1.807, 2.05) is 0 Å². The summed E-state index contributed by atoms with van der Waals surface area (Å²) < 4.78 is 1.54. The molecule has 6 rings (SSSR count). The van der Waals surface area contributed by atoms with Crippen LogP contribution >= 0.6 is 22.9 Å². The highest BCUT2D eigenvalue weighted by molar-refractivity contribution is 7.19. The van der Waals surface area contributed by atoms with Gasteiger partial charge in [-0.15, -0.1) is 11.3 Å². The molecule has 3 aromatic heterocycles. The molecule has 11 heteroatoms. The van der Waals surface area contributed by atoms with Gasteiger partial charge in [-0.25, -0.2) is 9.97 Å². The number of halogens is 1. The topological polar surface area (TPSA) is 126 Å². The molecule has 0 bridgehead atoms. The zero-order chi connectivity index (χ0) is 23.6. The molecule has 1 fully saturated rings. The van der Waals surface area contributed by atoms with Crippen molar-refractivity contribution in [1.29, 1.82) is 0 Å². The number of carboxylic acid groups (broad SMARTS) is 1. The van der Waals surface area contributed by atoms with Gasteiger partial charge in [-0.05, 0) is 56.6 Å². The Kier molecular flexibility index (Phi) is 4.93. The summed E-state index contributed by atoms with van der Waals surface area (Å²) in [5.41, 5.74) is 0.432. The summed E-state index contributed by atoms with van der Waals surface area (Å²) in [6, 6.07) is 1.49. The molecule has 0 unspecified atom stereocenters. The molecule has 1 aliphatic heterocycles. The zero-order valence-corrected chi connectivity index (χ0v) is 19.8. The number of aryl methyl sites for hydroxylation is 1. The van der Waals surface area contributed by atoms with E-state index < -0.39 is 17.6 Å². The average Bonchev–Trinajstić information content (AvgIpc) is 3.33. The van der Waals surface area contributed by atoms with Crippen LogP contribution in [-0.2, 0) is 23.3 Å². The molecular formula is C23H22ClN5O4S.